The van der Waals surface area contributed by atoms with E-state index in [-0.39, 0.29) is 0 Å². The smallest absolute Gasteiger partial charge is 0.0332 e. The standard InChI is InChI=1S/C19H34N2/c1-6-7-10-14-21(16(2)3)15-13-19(20-5)18-12-9-8-11-17(18)4/h8-9,11-12,16,19-20H,6-7,10,13-15H2,1-5H3. The maximum atomic E-state index is 3.49. The molecular weight excluding hydrogens is 256 g/mol. The van der Waals surface area contributed by atoms with Crippen LogP contribution in [-0.4, -0.2) is 31.1 Å². The fraction of sp³-hybridized carbons (Fsp3) is 0.684. The van der Waals surface area contributed by atoms with E-state index in [1.165, 1.54) is 49.9 Å². The molecule has 0 saturated heterocycles. The number of nitrogens with zero attached hydrogens (tertiary/aromatic N) is 1. The predicted octanol–water partition coefficient (Wildman–Crippen LogP) is 4.55. The van der Waals surface area contributed by atoms with E-state index < -0.39 is 0 Å². The summed E-state index contributed by atoms with van der Waals surface area (Å²) < 4.78 is 0. The molecule has 0 aliphatic rings. The Kier molecular flexibility index (Phi) is 8.63. The average molecular weight is 290 g/mol. The Morgan fingerprint density at radius 3 is 2.38 bits per heavy atom. The second-order valence-corrected chi connectivity index (χ2v) is 6.32. The van der Waals surface area contributed by atoms with Gasteiger partial charge in [0.05, 0.1) is 0 Å². The lowest BCUT2D eigenvalue weighted by molar-refractivity contribution is 0.206. The Balaban J connectivity index is 2.58. The molecule has 0 bridgehead atoms. The van der Waals surface area contributed by atoms with E-state index in [9.17, 15) is 0 Å². The van der Waals surface area contributed by atoms with Crippen molar-refractivity contribution in [2.24, 2.45) is 0 Å². The summed E-state index contributed by atoms with van der Waals surface area (Å²) in [7, 11) is 2.08. The highest BCUT2D eigenvalue weighted by molar-refractivity contribution is 5.28. The summed E-state index contributed by atoms with van der Waals surface area (Å²) in [5.74, 6) is 0. The third kappa shape index (κ3) is 6.19. The average Bonchev–Trinajstić information content (AvgIpc) is 2.47. The number of rotatable bonds is 10. The highest BCUT2D eigenvalue weighted by Gasteiger charge is 2.15. The van der Waals surface area contributed by atoms with Crippen molar-refractivity contribution in [1.29, 1.82) is 0 Å². The molecule has 0 amide bonds. The van der Waals surface area contributed by atoms with Crippen molar-refractivity contribution in [3.8, 4) is 0 Å². The Morgan fingerprint density at radius 2 is 1.81 bits per heavy atom. The van der Waals surface area contributed by atoms with Crippen LogP contribution >= 0.6 is 0 Å². The predicted molar refractivity (Wildman–Crippen MR) is 93.8 cm³/mol. The maximum absolute atomic E-state index is 3.49. The summed E-state index contributed by atoms with van der Waals surface area (Å²) in [6.07, 6.45) is 5.14. The summed E-state index contributed by atoms with van der Waals surface area (Å²) in [4.78, 5) is 2.62. The van der Waals surface area contributed by atoms with Gasteiger partial charge >= 0.3 is 0 Å². The molecule has 0 saturated carbocycles. The summed E-state index contributed by atoms with van der Waals surface area (Å²) in [6.45, 7) is 11.5. The Bertz CT molecular complexity index is 387. The summed E-state index contributed by atoms with van der Waals surface area (Å²) in [6, 6.07) is 9.83. The minimum absolute atomic E-state index is 0.457. The lowest BCUT2D eigenvalue weighted by Crippen LogP contribution is -2.34. The van der Waals surface area contributed by atoms with Gasteiger partial charge < -0.3 is 10.2 Å². The van der Waals surface area contributed by atoms with Gasteiger partial charge in [-0.3, -0.25) is 0 Å². The van der Waals surface area contributed by atoms with Gasteiger partial charge in [-0.2, -0.15) is 0 Å². The van der Waals surface area contributed by atoms with Crippen molar-refractivity contribution in [3.63, 3.8) is 0 Å². The topological polar surface area (TPSA) is 15.3 Å². The third-order valence-electron chi connectivity index (χ3n) is 4.40. The van der Waals surface area contributed by atoms with Gasteiger partial charge in [-0.15, -0.1) is 0 Å². The van der Waals surface area contributed by atoms with Crippen molar-refractivity contribution in [3.05, 3.63) is 35.4 Å². The zero-order valence-corrected chi connectivity index (χ0v) is 14.7. The van der Waals surface area contributed by atoms with Crippen LogP contribution < -0.4 is 5.32 Å². The minimum atomic E-state index is 0.457. The second kappa shape index (κ2) is 9.97. The molecule has 1 aromatic carbocycles. The van der Waals surface area contributed by atoms with Crippen LogP contribution in [0.3, 0.4) is 0 Å². The molecule has 0 aliphatic heterocycles. The Hall–Kier alpha value is -0.860. The van der Waals surface area contributed by atoms with E-state index in [1.807, 2.05) is 0 Å². The van der Waals surface area contributed by atoms with Crippen LogP contribution in [0.5, 0.6) is 0 Å². The lowest BCUT2D eigenvalue weighted by Gasteiger charge is -2.29. The molecule has 2 nitrogen and oxygen atoms in total. The van der Waals surface area contributed by atoms with Gasteiger partial charge in [-0.05, 0) is 58.3 Å². The van der Waals surface area contributed by atoms with E-state index >= 15 is 0 Å². The number of hydrogen-bond donors (Lipinski definition) is 1. The Morgan fingerprint density at radius 1 is 1.10 bits per heavy atom. The highest BCUT2D eigenvalue weighted by Crippen LogP contribution is 2.21. The van der Waals surface area contributed by atoms with E-state index in [0.29, 0.717) is 12.1 Å². The van der Waals surface area contributed by atoms with E-state index in [2.05, 4.69) is 69.2 Å². The highest BCUT2D eigenvalue weighted by atomic mass is 15.1. The zero-order chi connectivity index (χ0) is 15.7. The third-order valence-corrected chi connectivity index (χ3v) is 4.40. The maximum Gasteiger partial charge on any atom is 0.0332 e. The molecule has 1 rings (SSSR count). The van der Waals surface area contributed by atoms with Gasteiger partial charge in [-0.1, -0.05) is 44.0 Å². The van der Waals surface area contributed by atoms with Crippen LogP contribution in [0.4, 0.5) is 0 Å². The van der Waals surface area contributed by atoms with Gasteiger partial charge in [0.15, 0.2) is 0 Å². The number of unbranched alkanes of at least 4 members (excludes halogenated alkanes) is 2. The van der Waals surface area contributed by atoms with Crippen molar-refractivity contribution >= 4 is 0 Å². The van der Waals surface area contributed by atoms with Gasteiger partial charge in [-0.25, -0.2) is 0 Å². The molecule has 0 fully saturated rings. The molecular formula is C19H34N2. The summed E-state index contributed by atoms with van der Waals surface area (Å²) >= 11 is 0. The van der Waals surface area contributed by atoms with Gasteiger partial charge in [0.2, 0.25) is 0 Å². The molecule has 0 aromatic heterocycles. The molecule has 120 valence electrons. The first kappa shape index (κ1) is 18.2. The number of benzene rings is 1. The zero-order valence-electron chi connectivity index (χ0n) is 14.7. The molecule has 1 unspecified atom stereocenters. The largest absolute Gasteiger partial charge is 0.313 e. The molecule has 0 aliphatic carbocycles. The van der Waals surface area contributed by atoms with E-state index in [1.54, 1.807) is 0 Å². The van der Waals surface area contributed by atoms with Gasteiger partial charge in [0.25, 0.3) is 0 Å². The molecule has 0 radical (unpaired) electrons. The SMILES string of the molecule is CCCCCN(CCC(NC)c1ccccc1C)C(C)C. The van der Waals surface area contributed by atoms with E-state index in [4.69, 9.17) is 0 Å². The normalized spacial score (nSPS) is 13.1. The van der Waals surface area contributed by atoms with Crippen molar-refractivity contribution < 1.29 is 0 Å². The van der Waals surface area contributed by atoms with Crippen LogP contribution in [0.2, 0.25) is 0 Å². The lowest BCUT2D eigenvalue weighted by atomic mass is 9.98. The fourth-order valence-corrected chi connectivity index (χ4v) is 2.92. The first-order chi connectivity index (χ1) is 10.1. The van der Waals surface area contributed by atoms with Crippen LogP contribution in [0, 0.1) is 6.92 Å². The fourth-order valence-electron chi connectivity index (χ4n) is 2.92. The van der Waals surface area contributed by atoms with Crippen LogP contribution in [0.15, 0.2) is 24.3 Å². The first-order valence-electron chi connectivity index (χ1n) is 8.57. The molecule has 0 spiro atoms. The monoisotopic (exact) mass is 290 g/mol. The molecule has 21 heavy (non-hydrogen) atoms. The Labute approximate surface area is 131 Å². The summed E-state index contributed by atoms with van der Waals surface area (Å²) in [5.41, 5.74) is 2.83. The quantitative estimate of drug-likeness (QED) is 0.636. The van der Waals surface area contributed by atoms with Gasteiger partial charge in [0, 0.05) is 18.6 Å². The summed E-state index contributed by atoms with van der Waals surface area (Å²) in [5, 5.41) is 3.49. The minimum Gasteiger partial charge on any atom is -0.313 e. The van der Waals surface area contributed by atoms with Crippen LogP contribution in [-0.2, 0) is 0 Å². The van der Waals surface area contributed by atoms with Crippen molar-refractivity contribution in [2.75, 3.05) is 20.1 Å². The van der Waals surface area contributed by atoms with Gasteiger partial charge in [0.1, 0.15) is 0 Å². The van der Waals surface area contributed by atoms with Crippen LogP contribution in [0.25, 0.3) is 0 Å². The molecule has 1 N–H and O–H groups in total. The van der Waals surface area contributed by atoms with Crippen molar-refractivity contribution in [1.82, 2.24) is 10.2 Å². The number of aryl methyl sites for hydroxylation is 1. The van der Waals surface area contributed by atoms with Crippen molar-refractivity contribution in [2.45, 2.75) is 65.5 Å². The number of nitrogens with one attached hydrogen (secondary N) is 1. The van der Waals surface area contributed by atoms with E-state index in [0.717, 1.165) is 0 Å². The molecule has 0 heterocycles. The molecule has 1 aromatic rings. The number of hydrogen-bond acceptors (Lipinski definition) is 2. The first-order valence-corrected chi connectivity index (χ1v) is 8.57. The molecule has 2 heteroatoms. The second-order valence-electron chi connectivity index (χ2n) is 6.32. The molecule has 1 atom stereocenters. The van der Waals surface area contributed by atoms with Crippen LogP contribution in [0.1, 0.15) is 63.6 Å².